The van der Waals surface area contributed by atoms with E-state index in [1.54, 1.807) is 12.1 Å². The first kappa shape index (κ1) is 14.0. The van der Waals surface area contributed by atoms with Crippen molar-refractivity contribution >= 4 is 5.91 Å². The molecule has 1 amide bonds. The minimum Gasteiger partial charge on any atom is -0.486 e. The number of benzene rings is 1. The maximum atomic E-state index is 12.9. The van der Waals surface area contributed by atoms with Crippen LogP contribution in [0.25, 0.3) is 11.3 Å². The molecule has 0 saturated carbocycles. The molecule has 0 aliphatic rings. The van der Waals surface area contributed by atoms with E-state index in [0.717, 1.165) is 0 Å². The predicted molar refractivity (Wildman–Crippen MR) is 69.9 cm³/mol. The van der Waals surface area contributed by atoms with Gasteiger partial charge in [-0.1, -0.05) is 0 Å². The fourth-order valence-corrected chi connectivity index (χ4v) is 1.68. The van der Waals surface area contributed by atoms with Gasteiger partial charge in [-0.2, -0.15) is 5.10 Å². The number of aromatic nitrogens is 2. The van der Waals surface area contributed by atoms with Gasteiger partial charge in [0, 0.05) is 12.7 Å². The molecule has 106 valence electrons. The number of methoxy groups -OCH3 is 1. The lowest BCUT2D eigenvalue weighted by molar-refractivity contribution is 0.0987. The van der Waals surface area contributed by atoms with E-state index in [1.165, 1.54) is 19.2 Å². The van der Waals surface area contributed by atoms with Crippen LogP contribution in [0.15, 0.2) is 24.3 Å². The summed E-state index contributed by atoms with van der Waals surface area (Å²) in [5.41, 5.74) is 6.35. The lowest BCUT2D eigenvalue weighted by atomic mass is 10.1. The molecular weight excluding hydrogens is 265 g/mol. The van der Waals surface area contributed by atoms with Crippen molar-refractivity contribution in [1.29, 1.82) is 0 Å². The quantitative estimate of drug-likeness (QED) is 0.781. The number of halogens is 1. The molecule has 3 N–H and O–H groups in total. The van der Waals surface area contributed by atoms with Gasteiger partial charge in [-0.25, -0.2) is 4.39 Å². The van der Waals surface area contributed by atoms with Gasteiger partial charge in [0.1, 0.15) is 18.1 Å². The first-order chi connectivity index (χ1) is 9.63. The van der Waals surface area contributed by atoms with Gasteiger partial charge in [0.25, 0.3) is 5.91 Å². The number of aromatic amines is 1. The maximum absolute atomic E-state index is 12.9. The third-order valence-corrected chi connectivity index (χ3v) is 2.62. The van der Waals surface area contributed by atoms with Gasteiger partial charge in [-0.05, 0) is 24.3 Å². The molecule has 6 nitrogen and oxygen atoms in total. The Labute approximate surface area is 114 Å². The normalized spacial score (nSPS) is 10.5. The van der Waals surface area contributed by atoms with Gasteiger partial charge in [0.05, 0.1) is 6.61 Å². The summed E-state index contributed by atoms with van der Waals surface area (Å²) in [4.78, 5) is 11.3. The number of ether oxygens (including phenoxy) is 2. The van der Waals surface area contributed by atoms with Gasteiger partial charge < -0.3 is 15.2 Å². The molecule has 0 bridgehead atoms. The molecule has 0 atom stereocenters. The van der Waals surface area contributed by atoms with Crippen molar-refractivity contribution in [3.63, 3.8) is 0 Å². The molecule has 1 aromatic carbocycles. The molecule has 2 aromatic rings. The highest BCUT2D eigenvalue weighted by atomic mass is 19.1. The topological polar surface area (TPSA) is 90.2 Å². The van der Waals surface area contributed by atoms with Crippen molar-refractivity contribution in [3.8, 4) is 17.0 Å². The Balaban J connectivity index is 2.36. The number of H-pyrrole nitrogens is 1. The lowest BCUT2D eigenvalue weighted by Crippen LogP contribution is -2.14. The molecule has 0 aliphatic carbocycles. The summed E-state index contributed by atoms with van der Waals surface area (Å²) in [6.45, 7) is 0.594. The van der Waals surface area contributed by atoms with E-state index in [9.17, 15) is 9.18 Å². The zero-order valence-electron chi connectivity index (χ0n) is 10.9. The van der Waals surface area contributed by atoms with Gasteiger partial charge >= 0.3 is 0 Å². The average Bonchev–Trinajstić information content (AvgIpc) is 2.84. The Morgan fingerprint density at radius 3 is 2.65 bits per heavy atom. The molecule has 2 rings (SSSR count). The van der Waals surface area contributed by atoms with Crippen LogP contribution in [-0.4, -0.2) is 36.4 Å². The van der Waals surface area contributed by atoms with E-state index in [4.69, 9.17) is 15.2 Å². The Morgan fingerprint density at radius 1 is 1.35 bits per heavy atom. The average molecular weight is 279 g/mol. The molecule has 1 heterocycles. The van der Waals surface area contributed by atoms with Crippen LogP contribution in [-0.2, 0) is 4.74 Å². The minimum absolute atomic E-state index is 0.000396. The standard InChI is InChI=1S/C13H14FN3O3/c1-19-6-7-20-12-10(16-17-11(12)13(15)18)8-2-4-9(14)5-3-8/h2-5H,6-7H2,1H3,(H2,15,18)(H,16,17). The Kier molecular flexibility index (Phi) is 4.31. The van der Waals surface area contributed by atoms with Crippen molar-refractivity contribution in [1.82, 2.24) is 10.2 Å². The highest BCUT2D eigenvalue weighted by Gasteiger charge is 2.20. The summed E-state index contributed by atoms with van der Waals surface area (Å²) in [6, 6.07) is 5.71. The number of carbonyl (C=O) groups excluding carboxylic acids is 1. The second-order valence-electron chi connectivity index (χ2n) is 3.99. The maximum Gasteiger partial charge on any atom is 0.273 e. The highest BCUT2D eigenvalue weighted by Crippen LogP contribution is 2.31. The zero-order valence-corrected chi connectivity index (χ0v) is 10.9. The van der Waals surface area contributed by atoms with E-state index in [0.29, 0.717) is 17.9 Å². The molecule has 0 spiro atoms. The molecular formula is C13H14FN3O3. The molecule has 0 unspecified atom stereocenters. The molecule has 1 aromatic heterocycles. The SMILES string of the molecule is COCCOc1c(C(N)=O)n[nH]c1-c1ccc(F)cc1. The van der Waals surface area contributed by atoms with Crippen LogP contribution >= 0.6 is 0 Å². The van der Waals surface area contributed by atoms with Crippen molar-refractivity contribution < 1.29 is 18.7 Å². The van der Waals surface area contributed by atoms with E-state index in [-0.39, 0.29) is 23.9 Å². The number of nitrogens with one attached hydrogen (secondary N) is 1. The van der Waals surface area contributed by atoms with Crippen molar-refractivity contribution in [2.75, 3.05) is 20.3 Å². The zero-order chi connectivity index (χ0) is 14.5. The highest BCUT2D eigenvalue weighted by molar-refractivity contribution is 5.96. The fourth-order valence-electron chi connectivity index (χ4n) is 1.68. The molecule has 20 heavy (non-hydrogen) atoms. The van der Waals surface area contributed by atoms with Crippen LogP contribution in [0.5, 0.6) is 5.75 Å². The van der Waals surface area contributed by atoms with Gasteiger partial charge in [0.15, 0.2) is 11.4 Å². The van der Waals surface area contributed by atoms with Crippen molar-refractivity contribution in [2.45, 2.75) is 0 Å². The molecule has 0 saturated heterocycles. The van der Waals surface area contributed by atoms with Gasteiger partial charge in [-0.3, -0.25) is 9.89 Å². The van der Waals surface area contributed by atoms with E-state index in [1.807, 2.05) is 0 Å². The van der Waals surface area contributed by atoms with E-state index in [2.05, 4.69) is 10.2 Å². The van der Waals surface area contributed by atoms with Crippen LogP contribution in [0.4, 0.5) is 4.39 Å². The summed E-state index contributed by atoms with van der Waals surface area (Å²) in [6.07, 6.45) is 0. The van der Waals surface area contributed by atoms with Gasteiger partial charge in [-0.15, -0.1) is 0 Å². The van der Waals surface area contributed by atoms with Gasteiger partial charge in [0.2, 0.25) is 0 Å². The number of nitrogens with two attached hydrogens (primary N) is 1. The van der Waals surface area contributed by atoms with Crippen LogP contribution in [0.3, 0.4) is 0 Å². The summed E-state index contributed by atoms with van der Waals surface area (Å²) in [7, 11) is 1.54. The summed E-state index contributed by atoms with van der Waals surface area (Å²) < 4.78 is 23.3. The Bertz CT molecular complexity index is 595. The number of rotatable bonds is 6. The molecule has 7 heteroatoms. The summed E-state index contributed by atoms with van der Waals surface area (Å²) in [5.74, 6) is -0.826. The fraction of sp³-hybridized carbons (Fsp3) is 0.231. The number of amides is 1. The number of carbonyl (C=O) groups is 1. The minimum atomic E-state index is -0.706. The number of hydrogen-bond donors (Lipinski definition) is 2. The van der Waals surface area contributed by atoms with Crippen molar-refractivity contribution in [2.24, 2.45) is 5.73 Å². The molecule has 0 radical (unpaired) electrons. The third-order valence-electron chi connectivity index (χ3n) is 2.62. The first-order valence-electron chi connectivity index (χ1n) is 5.89. The lowest BCUT2D eigenvalue weighted by Gasteiger charge is -2.07. The monoisotopic (exact) mass is 279 g/mol. The number of primary amides is 1. The van der Waals surface area contributed by atoms with Crippen molar-refractivity contribution in [3.05, 3.63) is 35.8 Å². The summed E-state index contributed by atoms with van der Waals surface area (Å²) in [5, 5.41) is 6.51. The van der Waals surface area contributed by atoms with Crippen LogP contribution < -0.4 is 10.5 Å². The molecule has 0 fully saturated rings. The van der Waals surface area contributed by atoms with E-state index < -0.39 is 5.91 Å². The van der Waals surface area contributed by atoms with Crippen LogP contribution in [0.1, 0.15) is 10.5 Å². The Morgan fingerprint density at radius 2 is 2.05 bits per heavy atom. The smallest absolute Gasteiger partial charge is 0.273 e. The first-order valence-corrected chi connectivity index (χ1v) is 5.89. The molecule has 0 aliphatic heterocycles. The third kappa shape index (κ3) is 2.94. The second kappa shape index (κ2) is 6.16. The van der Waals surface area contributed by atoms with Crippen LogP contribution in [0.2, 0.25) is 0 Å². The van der Waals surface area contributed by atoms with Crippen LogP contribution in [0, 0.1) is 5.82 Å². The Hall–Kier alpha value is -2.41. The largest absolute Gasteiger partial charge is 0.486 e. The second-order valence-corrected chi connectivity index (χ2v) is 3.99. The summed E-state index contributed by atoms with van der Waals surface area (Å²) >= 11 is 0. The van der Waals surface area contributed by atoms with E-state index >= 15 is 0 Å². The number of nitrogens with zero attached hydrogens (tertiary/aromatic N) is 1. The predicted octanol–water partition coefficient (Wildman–Crippen LogP) is 1.34. The number of hydrogen-bond acceptors (Lipinski definition) is 4.